The number of aromatic nitrogens is 2. The van der Waals surface area contributed by atoms with Crippen LogP contribution in [0.1, 0.15) is 11.1 Å². The van der Waals surface area contributed by atoms with Gasteiger partial charge in [-0.2, -0.15) is 0 Å². The van der Waals surface area contributed by atoms with Gasteiger partial charge >= 0.3 is 0 Å². The predicted octanol–water partition coefficient (Wildman–Crippen LogP) is 4.80. The van der Waals surface area contributed by atoms with E-state index in [1.54, 1.807) is 0 Å². The quantitative estimate of drug-likeness (QED) is 0.527. The van der Waals surface area contributed by atoms with Gasteiger partial charge in [0.05, 0.1) is 0 Å². The van der Waals surface area contributed by atoms with E-state index in [9.17, 15) is 0 Å². The smallest absolute Gasteiger partial charge is 0.140 e. The third kappa shape index (κ3) is 2.66. The molecule has 3 heterocycles. The highest BCUT2D eigenvalue weighted by molar-refractivity contribution is 5.99. The van der Waals surface area contributed by atoms with Crippen LogP contribution in [0.25, 0.3) is 28.2 Å². The Morgan fingerprint density at radius 2 is 1.96 bits per heavy atom. The van der Waals surface area contributed by atoms with Crippen molar-refractivity contribution < 1.29 is 4.74 Å². The summed E-state index contributed by atoms with van der Waals surface area (Å²) in [4.78, 5) is 4.59. The Morgan fingerprint density at radius 3 is 2.81 bits per heavy atom. The lowest BCUT2D eigenvalue weighted by Crippen LogP contribution is -1.89. The van der Waals surface area contributed by atoms with Crippen LogP contribution in [0.2, 0.25) is 0 Å². The largest absolute Gasteiger partial charge is 0.461 e. The second kappa shape index (κ2) is 6.02. The number of nitrogen functional groups attached to an aromatic ring is 1. The maximum atomic E-state index is 6.05. The van der Waals surface area contributed by atoms with Crippen molar-refractivity contribution >= 4 is 22.8 Å². The van der Waals surface area contributed by atoms with Crippen molar-refractivity contribution in [2.24, 2.45) is 7.05 Å². The molecule has 0 radical (unpaired) electrons. The van der Waals surface area contributed by atoms with E-state index in [4.69, 9.17) is 10.5 Å². The van der Waals surface area contributed by atoms with Gasteiger partial charge in [0, 0.05) is 48.1 Å². The van der Waals surface area contributed by atoms with Crippen molar-refractivity contribution in [2.75, 3.05) is 5.73 Å². The number of nitrogens with two attached hydrogens (primary N) is 1. The minimum atomic E-state index is 0.748. The van der Waals surface area contributed by atoms with E-state index in [-0.39, 0.29) is 0 Å². The van der Waals surface area contributed by atoms with Crippen LogP contribution in [0, 0.1) is 0 Å². The van der Waals surface area contributed by atoms with Crippen LogP contribution < -0.4 is 10.5 Å². The Labute approximate surface area is 157 Å². The predicted molar refractivity (Wildman–Crippen MR) is 109 cm³/mol. The Kier molecular flexibility index (Phi) is 3.50. The Hall–Kier alpha value is -3.53. The zero-order chi connectivity index (χ0) is 18.4. The summed E-state index contributed by atoms with van der Waals surface area (Å²) in [5, 5.41) is 1.14. The zero-order valence-electron chi connectivity index (χ0n) is 15.0. The number of hydrogen-bond donors (Lipinski definition) is 1. The molecule has 0 atom stereocenters. The molecule has 2 N–H and O–H groups in total. The summed E-state index contributed by atoms with van der Waals surface area (Å²) in [5.41, 5.74) is 12.2. The van der Waals surface area contributed by atoms with Crippen molar-refractivity contribution in [1.82, 2.24) is 9.55 Å². The first kappa shape index (κ1) is 15.7. The number of ether oxygens (including phenoxy) is 1. The van der Waals surface area contributed by atoms with Crippen molar-refractivity contribution in [3.8, 4) is 16.9 Å². The van der Waals surface area contributed by atoms with Gasteiger partial charge < -0.3 is 15.0 Å². The summed E-state index contributed by atoms with van der Waals surface area (Å²) in [7, 11) is 2.02. The standard InChI is InChI=1S/C23H19N3O/c1-26-14-17(13-19-12-16-11-18(24)7-8-21(16)27-19)22-20(9-10-25-23(22)26)15-5-3-2-4-6-15/h2-11,13-14H,12,24H2,1H3/b19-13-. The van der Waals surface area contributed by atoms with E-state index in [0.29, 0.717) is 0 Å². The second-order valence-corrected chi connectivity index (χ2v) is 6.88. The third-order valence-electron chi connectivity index (χ3n) is 4.98. The molecule has 2 aromatic carbocycles. The van der Waals surface area contributed by atoms with Gasteiger partial charge in [0.1, 0.15) is 17.2 Å². The minimum Gasteiger partial charge on any atom is -0.461 e. The number of allylic oxidation sites excluding steroid dienone is 1. The first-order chi connectivity index (χ1) is 13.2. The van der Waals surface area contributed by atoms with Gasteiger partial charge in [0.25, 0.3) is 0 Å². The highest BCUT2D eigenvalue weighted by Gasteiger charge is 2.19. The SMILES string of the molecule is Cn1cc(/C=C2/Cc3cc(N)ccc3O2)c2c(-c3ccccc3)ccnc21. The molecule has 0 fully saturated rings. The Morgan fingerprint density at radius 1 is 1.11 bits per heavy atom. The van der Waals surface area contributed by atoms with E-state index in [2.05, 4.69) is 52.2 Å². The maximum absolute atomic E-state index is 6.05. The lowest BCUT2D eigenvalue weighted by molar-refractivity contribution is 0.451. The fraction of sp³-hybridized carbons (Fsp3) is 0.0870. The lowest BCUT2D eigenvalue weighted by atomic mass is 10.0. The van der Waals surface area contributed by atoms with Gasteiger partial charge in [0.15, 0.2) is 0 Å². The van der Waals surface area contributed by atoms with Gasteiger partial charge in [-0.3, -0.25) is 0 Å². The number of fused-ring (bicyclic) bond motifs is 2. The highest BCUT2D eigenvalue weighted by Crippen LogP contribution is 2.36. The molecule has 2 aromatic heterocycles. The molecule has 4 heteroatoms. The molecule has 4 nitrogen and oxygen atoms in total. The molecule has 132 valence electrons. The molecular weight excluding hydrogens is 334 g/mol. The molecule has 4 aromatic rings. The average Bonchev–Trinajstić information content (AvgIpc) is 3.23. The molecule has 1 aliphatic rings. The fourth-order valence-corrected chi connectivity index (χ4v) is 3.76. The normalized spacial score (nSPS) is 14.5. The van der Waals surface area contributed by atoms with Crippen LogP contribution in [0.3, 0.4) is 0 Å². The number of rotatable bonds is 2. The molecule has 0 saturated heterocycles. The molecule has 5 rings (SSSR count). The van der Waals surface area contributed by atoms with Crippen molar-refractivity contribution in [2.45, 2.75) is 6.42 Å². The molecule has 0 aliphatic carbocycles. The topological polar surface area (TPSA) is 53.1 Å². The van der Waals surface area contributed by atoms with Crippen LogP contribution >= 0.6 is 0 Å². The summed E-state index contributed by atoms with van der Waals surface area (Å²) in [6.07, 6.45) is 6.84. The Bertz CT molecular complexity index is 1190. The summed E-state index contributed by atoms with van der Waals surface area (Å²) < 4.78 is 8.11. The molecule has 0 amide bonds. The van der Waals surface area contributed by atoms with Gasteiger partial charge in [-0.25, -0.2) is 4.98 Å². The molecule has 0 spiro atoms. The van der Waals surface area contributed by atoms with Gasteiger partial charge in [0.2, 0.25) is 0 Å². The van der Waals surface area contributed by atoms with Crippen LogP contribution in [-0.2, 0) is 13.5 Å². The van der Waals surface area contributed by atoms with Crippen molar-refractivity contribution in [1.29, 1.82) is 0 Å². The van der Waals surface area contributed by atoms with E-state index < -0.39 is 0 Å². The maximum Gasteiger partial charge on any atom is 0.140 e. The van der Waals surface area contributed by atoms with Gasteiger partial charge in [-0.1, -0.05) is 30.3 Å². The second-order valence-electron chi connectivity index (χ2n) is 6.88. The van der Waals surface area contributed by atoms with Gasteiger partial charge in [-0.05, 0) is 41.5 Å². The van der Waals surface area contributed by atoms with Gasteiger partial charge in [-0.15, -0.1) is 0 Å². The summed E-state index contributed by atoms with van der Waals surface area (Å²) in [5.74, 6) is 1.81. The lowest BCUT2D eigenvalue weighted by Gasteiger charge is -2.05. The minimum absolute atomic E-state index is 0.748. The van der Waals surface area contributed by atoms with Crippen LogP contribution in [0.15, 0.2) is 72.8 Å². The molecule has 0 bridgehead atoms. The first-order valence-electron chi connectivity index (χ1n) is 8.95. The Balaban J connectivity index is 1.65. The first-order valence-corrected chi connectivity index (χ1v) is 8.95. The molecule has 27 heavy (non-hydrogen) atoms. The van der Waals surface area contributed by atoms with Crippen LogP contribution in [0.4, 0.5) is 5.69 Å². The molecular formula is C23H19N3O. The summed E-state index contributed by atoms with van der Waals surface area (Å²) >= 11 is 0. The van der Waals surface area contributed by atoms with Crippen molar-refractivity contribution in [3.63, 3.8) is 0 Å². The number of hydrogen-bond acceptors (Lipinski definition) is 3. The number of aryl methyl sites for hydroxylation is 1. The van der Waals surface area contributed by atoms with Crippen LogP contribution in [0.5, 0.6) is 5.75 Å². The monoisotopic (exact) mass is 353 g/mol. The number of benzene rings is 2. The number of anilines is 1. The highest BCUT2D eigenvalue weighted by atomic mass is 16.5. The zero-order valence-corrected chi connectivity index (χ0v) is 15.0. The van der Waals surface area contributed by atoms with Crippen LogP contribution in [-0.4, -0.2) is 9.55 Å². The summed E-state index contributed by atoms with van der Waals surface area (Å²) in [6, 6.07) is 18.3. The number of nitrogens with zero attached hydrogens (tertiary/aromatic N) is 2. The van der Waals surface area contributed by atoms with E-state index >= 15 is 0 Å². The molecule has 0 unspecified atom stereocenters. The molecule has 1 aliphatic heterocycles. The molecule has 0 saturated carbocycles. The third-order valence-corrected chi connectivity index (χ3v) is 4.98. The average molecular weight is 353 g/mol. The van der Waals surface area contributed by atoms with E-state index in [0.717, 1.165) is 45.8 Å². The number of pyridine rings is 1. The summed E-state index contributed by atoms with van der Waals surface area (Å²) in [6.45, 7) is 0. The fourth-order valence-electron chi connectivity index (χ4n) is 3.76. The van der Waals surface area contributed by atoms with E-state index in [1.807, 2.05) is 37.5 Å². The van der Waals surface area contributed by atoms with Crippen molar-refractivity contribution in [3.05, 3.63) is 83.9 Å². The van der Waals surface area contributed by atoms with E-state index in [1.165, 1.54) is 11.1 Å².